The molecule has 4 amide bonds. The van der Waals surface area contributed by atoms with Gasteiger partial charge >= 0.3 is 6.03 Å². The molecule has 94 valence electrons. The lowest BCUT2D eigenvalue weighted by Gasteiger charge is -2.13. The van der Waals surface area contributed by atoms with Crippen LogP contribution in [0.5, 0.6) is 0 Å². The Labute approximate surface area is 105 Å². The molecule has 8 nitrogen and oxygen atoms in total. The van der Waals surface area contributed by atoms with Gasteiger partial charge in [0.2, 0.25) is 0 Å². The Morgan fingerprint density at radius 3 is 2.42 bits per heavy atom. The minimum atomic E-state index is -0.830. The van der Waals surface area contributed by atoms with Crippen molar-refractivity contribution in [1.82, 2.24) is 20.9 Å². The lowest BCUT2D eigenvalue weighted by atomic mass is 10.1. The maximum absolute atomic E-state index is 11.5. The Morgan fingerprint density at radius 1 is 1.00 bits per heavy atom. The predicted octanol–water partition coefficient (Wildman–Crippen LogP) is -0.0278. The summed E-state index contributed by atoms with van der Waals surface area (Å²) in [5.41, 5.74) is 1.48. The summed E-state index contributed by atoms with van der Waals surface area (Å²) in [5, 5.41) is 11.3. The number of aromatic nitrogens is 2. The van der Waals surface area contributed by atoms with Gasteiger partial charge < -0.3 is 0 Å². The molecule has 2 heterocycles. The number of hydrogen-bond acceptors (Lipinski definition) is 6. The number of amides is 4. The van der Waals surface area contributed by atoms with Gasteiger partial charge in [-0.1, -0.05) is 6.07 Å². The highest BCUT2D eigenvalue weighted by Crippen LogP contribution is 2.15. The summed E-state index contributed by atoms with van der Waals surface area (Å²) in [6, 6.07) is 4.07. The van der Waals surface area contributed by atoms with E-state index in [-0.39, 0.29) is 5.57 Å². The van der Waals surface area contributed by atoms with E-state index in [9.17, 15) is 14.4 Å². The summed E-state index contributed by atoms with van der Waals surface area (Å²) in [4.78, 5) is 34.0. The molecule has 2 aromatic rings. The molecule has 0 radical (unpaired) electrons. The SMILES string of the molecule is O=C1NC(=O)C(=Cc2ccc3nonc3c2)C(=O)N1. The highest BCUT2D eigenvalue weighted by Gasteiger charge is 2.27. The Bertz CT molecular complexity index is 724. The van der Waals surface area contributed by atoms with Crippen LogP contribution in [0.25, 0.3) is 17.1 Å². The van der Waals surface area contributed by atoms with Crippen LogP contribution in [-0.2, 0) is 9.59 Å². The van der Waals surface area contributed by atoms with Crippen LogP contribution in [0, 0.1) is 0 Å². The number of barbiturate groups is 1. The standard InChI is InChI=1S/C11H6N4O4/c16-9-6(10(17)13-11(18)12-9)3-5-1-2-7-8(4-5)15-19-14-7/h1-4H,(H2,12,13,16,17,18). The average Bonchev–Trinajstić information content (AvgIpc) is 2.81. The molecule has 0 atom stereocenters. The number of nitrogens with one attached hydrogen (secondary N) is 2. The first kappa shape index (κ1) is 11.1. The van der Waals surface area contributed by atoms with Crippen molar-refractivity contribution in [3.63, 3.8) is 0 Å². The minimum Gasteiger partial charge on any atom is -0.273 e. The molecule has 3 rings (SSSR count). The zero-order chi connectivity index (χ0) is 13.4. The van der Waals surface area contributed by atoms with Gasteiger partial charge in [-0.2, -0.15) is 0 Å². The molecule has 1 saturated heterocycles. The first-order chi connectivity index (χ1) is 9.13. The van der Waals surface area contributed by atoms with Gasteiger partial charge in [-0.25, -0.2) is 9.42 Å². The number of rotatable bonds is 1. The quantitative estimate of drug-likeness (QED) is 0.548. The van der Waals surface area contributed by atoms with Gasteiger partial charge in [0.05, 0.1) is 0 Å². The van der Waals surface area contributed by atoms with Gasteiger partial charge in [-0.15, -0.1) is 0 Å². The van der Waals surface area contributed by atoms with Gasteiger partial charge in [0.15, 0.2) is 0 Å². The van der Waals surface area contributed by atoms with Crippen LogP contribution < -0.4 is 10.6 Å². The number of hydrogen-bond donors (Lipinski definition) is 2. The third-order valence-corrected chi connectivity index (χ3v) is 2.53. The molecule has 1 aromatic carbocycles. The molecule has 8 heteroatoms. The van der Waals surface area contributed by atoms with Crippen molar-refractivity contribution in [2.45, 2.75) is 0 Å². The molecule has 0 saturated carbocycles. The van der Waals surface area contributed by atoms with Gasteiger partial charge in [-0.3, -0.25) is 20.2 Å². The summed E-state index contributed by atoms with van der Waals surface area (Å²) in [7, 11) is 0. The second kappa shape index (κ2) is 4.02. The molecule has 19 heavy (non-hydrogen) atoms. The van der Waals surface area contributed by atoms with Crippen LogP contribution in [0.2, 0.25) is 0 Å². The van der Waals surface area contributed by atoms with Crippen molar-refractivity contribution in [2.75, 3.05) is 0 Å². The molecule has 2 N–H and O–H groups in total. The van der Waals surface area contributed by atoms with E-state index < -0.39 is 17.8 Å². The molecule has 1 aliphatic rings. The van der Waals surface area contributed by atoms with Crippen molar-refractivity contribution in [1.29, 1.82) is 0 Å². The molecule has 0 unspecified atom stereocenters. The highest BCUT2D eigenvalue weighted by atomic mass is 16.6. The van der Waals surface area contributed by atoms with Crippen LogP contribution in [0.1, 0.15) is 5.56 Å². The Kier molecular flexibility index (Phi) is 2.34. The number of nitrogens with zero attached hydrogens (tertiary/aromatic N) is 2. The van der Waals surface area contributed by atoms with Crippen molar-refractivity contribution >= 4 is 35.0 Å². The van der Waals surface area contributed by atoms with Crippen molar-refractivity contribution in [3.05, 3.63) is 29.3 Å². The molecule has 1 fully saturated rings. The van der Waals surface area contributed by atoms with Gasteiger partial charge in [0.25, 0.3) is 11.8 Å². The van der Waals surface area contributed by atoms with Crippen molar-refractivity contribution in [3.8, 4) is 0 Å². The molecular weight excluding hydrogens is 252 g/mol. The van der Waals surface area contributed by atoms with E-state index >= 15 is 0 Å². The molecule has 0 bridgehead atoms. The number of fused-ring (bicyclic) bond motifs is 1. The van der Waals surface area contributed by atoms with E-state index in [0.29, 0.717) is 16.6 Å². The minimum absolute atomic E-state index is 0.157. The third kappa shape index (κ3) is 1.95. The third-order valence-electron chi connectivity index (χ3n) is 2.53. The van der Waals surface area contributed by atoms with Gasteiger partial charge in [0.1, 0.15) is 16.6 Å². The summed E-state index contributed by atoms with van der Waals surface area (Å²) in [6.07, 6.45) is 1.35. The lowest BCUT2D eigenvalue weighted by molar-refractivity contribution is -0.123. The molecule has 0 aliphatic carbocycles. The fourth-order valence-corrected chi connectivity index (χ4v) is 1.66. The second-order valence-corrected chi connectivity index (χ2v) is 3.81. The first-order valence-electron chi connectivity index (χ1n) is 5.24. The number of carbonyl (C=O) groups excluding carboxylic acids is 3. The number of carbonyl (C=O) groups is 3. The van der Waals surface area contributed by atoms with E-state index in [0.717, 1.165) is 0 Å². The van der Waals surface area contributed by atoms with Crippen LogP contribution in [-0.4, -0.2) is 28.2 Å². The fraction of sp³-hybridized carbons (Fsp3) is 0. The number of benzene rings is 1. The molecule has 1 aromatic heterocycles. The molecule has 1 aliphatic heterocycles. The molecule has 0 spiro atoms. The first-order valence-corrected chi connectivity index (χ1v) is 5.24. The predicted molar refractivity (Wildman–Crippen MR) is 61.5 cm³/mol. The smallest absolute Gasteiger partial charge is 0.273 e. The van der Waals surface area contributed by atoms with E-state index in [1.54, 1.807) is 18.2 Å². The normalized spacial score (nSPS) is 15.4. The van der Waals surface area contributed by atoms with Crippen LogP contribution >= 0.6 is 0 Å². The summed E-state index contributed by atoms with van der Waals surface area (Å²) in [6.45, 7) is 0. The number of imide groups is 2. The maximum atomic E-state index is 11.5. The Balaban J connectivity index is 2.01. The van der Waals surface area contributed by atoms with E-state index in [2.05, 4.69) is 14.9 Å². The largest absolute Gasteiger partial charge is 0.328 e. The van der Waals surface area contributed by atoms with Gasteiger partial charge in [-0.05, 0) is 34.1 Å². The van der Waals surface area contributed by atoms with Gasteiger partial charge in [0, 0.05) is 0 Å². The second-order valence-electron chi connectivity index (χ2n) is 3.81. The van der Waals surface area contributed by atoms with E-state index in [1.807, 2.05) is 10.6 Å². The molecular formula is C11H6N4O4. The zero-order valence-electron chi connectivity index (χ0n) is 9.34. The summed E-state index contributed by atoms with van der Waals surface area (Å²) < 4.78 is 4.54. The fourth-order valence-electron chi connectivity index (χ4n) is 1.66. The highest BCUT2D eigenvalue weighted by molar-refractivity contribution is 6.31. The zero-order valence-corrected chi connectivity index (χ0v) is 9.34. The Hall–Kier alpha value is -3.03. The van der Waals surface area contributed by atoms with E-state index in [1.165, 1.54) is 6.08 Å². The number of urea groups is 1. The van der Waals surface area contributed by atoms with Crippen LogP contribution in [0.3, 0.4) is 0 Å². The lowest BCUT2D eigenvalue weighted by Crippen LogP contribution is -2.51. The topological polar surface area (TPSA) is 114 Å². The summed E-state index contributed by atoms with van der Waals surface area (Å²) in [5.74, 6) is -1.49. The maximum Gasteiger partial charge on any atom is 0.328 e. The van der Waals surface area contributed by atoms with Crippen molar-refractivity contribution < 1.29 is 19.0 Å². The monoisotopic (exact) mass is 258 g/mol. The van der Waals surface area contributed by atoms with Crippen LogP contribution in [0.15, 0.2) is 28.4 Å². The van der Waals surface area contributed by atoms with E-state index in [4.69, 9.17) is 0 Å². The van der Waals surface area contributed by atoms with Crippen molar-refractivity contribution in [2.24, 2.45) is 0 Å². The average molecular weight is 258 g/mol. The van der Waals surface area contributed by atoms with Crippen LogP contribution in [0.4, 0.5) is 4.79 Å². The summed E-state index contributed by atoms with van der Waals surface area (Å²) >= 11 is 0. The Morgan fingerprint density at radius 2 is 1.68 bits per heavy atom.